The van der Waals surface area contributed by atoms with E-state index < -0.39 is 0 Å². The van der Waals surface area contributed by atoms with Crippen LogP contribution in [-0.2, 0) is 5.41 Å². The van der Waals surface area contributed by atoms with Crippen molar-refractivity contribution in [2.45, 2.75) is 45.6 Å². The van der Waals surface area contributed by atoms with Gasteiger partial charge in [-0.3, -0.25) is 0 Å². The van der Waals surface area contributed by atoms with Gasteiger partial charge in [0.2, 0.25) is 0 Å². The number of nitrogens with zero attached hydrogens (tertiary/aromatic N) is 1. The molecule has 1 aromatic heterocycles. The highest BCUT2D eigenvalue weighted by atomic mass is 32.1. The third-order valence-electron chi connectivity index (χ3n) is 11.2. The van der Waals surface area contributed by atoms with Crippen molar-refractivity contribution in [3.8, 4) is 11.1 Å². The predicted octanol–water partition coefficient (Wildman–Crippen LogP) is 12.8. The first-order valence-electron chi connectivity index (χ1n) is 17.7. The zero-order valence-corrected chi connectivity index (χ0v) is 29.5. The van der Waals surface area contributed by atoms with Gasteiger partial charge in [0.05, 0.1) is 11.7 Å². The minimum Gasteiger partial charge on any atom is -0.337 e. The van der Waals surface area contributed by atoms with E-state index in [0.29, 0.717) is 11.8 Å². The number of benzene rings is 5. The molecular formula is C47H41NS. The van der Waals surface area contributed by atoms with E-state index in [0.717, 1.165) is 6.42 Å². The number of rotatable bonds is 5. The van der Waals surface area contributed by atoms with E-state index in [1.165, 1.54) is 76.1 Å². The van der Waals surface area contributed by atoms with Crippen molar-refractivity contribution in [2.75, 3.05) is 4.90 Å². The second-order valence-electron chi connectivity index (χ2n) is 14.6. The molecule has 6 aromatic rings. The van der Waals surface area contributed by atoms with Gasteiger partial charge in [0.1, 0.15) is 0 Å². The van der Waals surface area contributed by atoms with Gasteiger partial charge >= 0.3 is 0 Å². The summed E-state index contributed by atoms with van der Waals surface area (Å²) in [5.74, 6) is 0.643. The molecule has 240 valence electrons. The zero-order chi connectivity index (χ0) is 33.3. The molecule has 0 fully saturated rings. The van der Waals surface area contributed by atoms with Crippen molar-refractivity contribution >= 4 is 48.3 Å². The van der Waals surface area contributed by atoms with Gasteiger partial charge in [-0.2, -0.15) is 0 Å². The van der Waals surface area contributed by atoms with Crippen LogP contribution in [0.2, 0.25) is 0 Å². The average Bonchev–Trinajstić information content (AvgIpc) is 3.63. The smallest absolute Gasteiger partial charge is 0.0583 e. The van der Waals surface area contributed by atoms with Crippen LogP contribution in [0.25, 0.3) is 42.4 Å². The van der Waals surface area contributed by atoms with Crippen LogP contribution in [0.5, 0.6) is 0 Å². The summed E-state index contributed by atoms with van der Waals surface area (Å²) < 4.78 is 2.76. The van der Waals surface area contributed by atoms with Crippen molar-refractivity contribution in [3.63, 3.8) is 0 Å². The summed E-state index contributed by atoms with van der Waals surface area (Å²) in [6.07, 6.45) is 13.2. The van der Waals surface area contributed by atoms with Gasteiger partial charge in [0.15, 0.2) is 0 Å². The standard InChI is InChI=1S/C47H41NS/c1-30-27-34(32-15-7-5-8-16-32)23-25-40(30)48(41-26-24-35(28-31(41)2)33-17-9-6-10-18-33)42-29-39-44(36-19-11-13-21-38(36)47(39,3)4)46-45(42)37-20-12-14-22-43(37)49-46/h5-27,29-31,40H,28H2,1-4H3. The largest absolute Gasteiger partial charge is 0.337 e. The molecule has 1 heterocycles. The Hall–Kier alpha value is -4.92. The van der Waals surface area contributed by atoms with E-state index in [2.05, 4.69) is 178 Å². The topological polar surface area (TPSA) is 3.24 Å². The van der Waals surface area contributed by atoms with Crippen molar-refractivity contribution in [3.05, 3.63) is 174 Å². The summed E-state index contributed by atoms with van der Waals surface area (Å²) in [6.45, 7) is 9.66. The lowest BCUT2D eigenvalue weighted by atomic mass is 9.81. The Kier molecular flexibility index (Phi) is 7.14. The molecule has 1 nitrogen and oxygen atoms in total. The molecule has 2 heteroatoms. The maximum Gasteiger partial charge on any atom is 0.0583 e. The van der Waals surface area contributed by atoms with Crippen molar-refractivity contribution in [1.82, 2.24) is 0 Å². The minimum atomic E-state index is -0.0992. The van der Waals surface area contributed by atoms with E-state index in [4.69, 9.17) is 0 Å². The molecule has 0 saturated carbocycles. The molecule has 9 rings (SSSR count). The second kappa shape index (κ2) is 11.6. The van der Waals surface area contributed by atoms with Crippen molar-refractivity contribution in [2.24, 2.45) is 11.8 Å². The zero-order valence-electron chi connectivity index (χ0n) is 28.7. The molecule has 3 aliphatic carbocycles. The molecule has 49 heavy (non-hydrogen) atoms. The van der Waals surface area contributed by atoms with Crippen LogP contribution in [0.15, 0.2) is 151 Å². The lowest BCUT2D eigenvalue weighted by molar-refractivity contribution is 0.553. The Balaban J connectivity index is 1.30. The molecule has 3 unspecified atom stereocenters. The third-order valence-corrected chi connectivity index (χ3v) is 12.4. The highest BCUT2D eigenvalue weighted by Gasteiger charge is 2.40. The van der Waals surface area contributed by atoms with Gasteiger partial charge in [-0.25, -0.2) is 0 Å². The number of thiophene rings is 1. The van der Waals surface area contributed by atoms with Crippen LogP contribution < -0.4 is 4.90 Å². The predicted molar refractivity (Wildman–Crippen MR) is 212 cm³/mol. The molecule has 0 saturated heterocycles. The molecule has 3 aliphatic rings. The van der Waals surface area contributed by atoms with Crippen molar-refractivity contribution < 1.29 is 0 Å². The van der Waals surface area contributed by atoms with Crippen LogP contribution in [0.3, 0.4) is 0 Å². The summed E-state index contributed by atoms with van der Waals surface area (Å²) >= 11 is 1.97. The Morgan fingerprint density at radius 1 is 0.735 bits per heavy atom. The summed E-state index contributed by atoms with van der Waals surface area (Å²) in [5, 5.41) is 2.74. The minimum absolute atomic E-state index is 0.0992. The fourth-order valence-electron chi connectivity index (χ4n) is 8.69. The summed E-state index contributed by atoms with van der Waals surface area (Å²) in [7, 11) is 0. The fourth-order valence-corrected chi connectivity index (χ4v) is 9.97. The first-order chi connectivity index (χ1) is 23.9. The van der Waals surface area contributed by atoms with Crippen LogP contribution in [0.1, 0.15) is 56.4 Å². The lowest BCUT2D eigenvalue weighted by Gasteiger charge is -2.42. The second-order valence-corrected chi connectivity index (χ2v) is 15.7. The number of fused-ring (bicyclic) bond motifs is 7. The van der Waals surface area contributed by atoms with E-state index in [1.54, 1.807) is 0 Å². The lowest BCUT2D eigenvalue weighted by Crippen LogP contribution is -2.41. The van der Waals surface area contributed by atoms with E-state index >= 15 is 0 Å². The fraction of sp³-hybridized carbons (Fsp3) is 0.191. The number of anilines is 1. The van der Waals surface area contributed by atoms with Crippen LogP contribution >= 0.6 is 11.3 Å². The SMILES string of the molecule is CC1CC(c2ccccc2)=CC=C1N(c1cc2c(c3sc4ccccc4c13)-c1ccccc1C2(C)C)C1C=CC(c2ccccc2)=CC1C. The average molecular weight is 652 g/mol. The Morgan fingerprint density at radius 2 is 1.43 bits per heavy atom. The van der Waals surface area contributed by atoms with E-state index in [9.17, 15) is 0 Å². The number of allylic oxidation sites excluding steroid dienone is 6. The van der Waals surface area contributed by atoms with Gasteiger partial charge in [-0.1, -0.05) is 155 Å². The quantitative estimate of drug-likeness (QED) is 0.179. The molecule has 0 aliphatic heterocycles. The van der Waals surface area contributed by atoms with E-state index in [-0.39, 0.29) is 11.5 Å². The molecule has 0 N–H and O–H groups in total. The van der Waals surface area contributed by atoms with Crippen molar-refractivity contribution in [1.29, 1.82) is 0 Å². The summed E-state index contributed by atoms with van der Waals surface area (Å²) in [6, 6.07) is 42.6. The number of hydrogen-bond acceptors (Lipinski definition) is 2. The molecule has 0 amide bonds. The summed E-state index contributed by atoms with van der Waals surface area (Å²) in [4.78, 5) is 2.74. The first-order valence-corrected chi connectivity index (χ1v) is 18.5. The van der Waals surface area contributed by atoms with Gasteiger partial charge in [0, 0.05) is 42.8 Å². The van der Waals surface area contributed by atoms with Crippen LogP contribution in [0.4, 0.5) is 5.69 Å². The highest BCUT2D eigenvalue weighted by molar-refractivity contribution is 7.26. The molecule has 0 spiro atoms. The molecule has 0 bridgehead atoms. The highest BCUT2D eigenvalue weighted by Crippen LogP contribution is 2.57. The van der Waals surface area contributed by atoms with Gasteiger partial charge in [0.25, 0.3) is 0 Å². The number of hydrogen-bond donors (Lipinski definition) is 0. The van der Waals surface area contributed by atoms with Crippen LogP contribution in [-0.4, -0.2) is 6.04 Å². The summed E-state index contributed by atoms with van der Waals surface area (Å²) in [5.41, 5.74) is 13.6. The first kappa shape index (κ1) is 30.2. The monoisotopic (exact) mass is 651 g/mol. The van der Waals surface area contributed by atoms with Gasteiger partial charge in [-0.15, -0.1) is 11.3 Å². The Morgan fingerprint density at radius 3 is 2.18 bits per heavy atom. The molecular weight excluding hydrogens is 611 g/mol. The molecule has 3 atom stereocenters. The Bertz CT molecular complexity index is 2370. The van der Waals surface area contributed by atoms with Crippen LogP contribution in [0, 0.1) is 11.8 Å². The third kappa shape index (κ3) is 4.80. The molecule has 5 aromatic carbocycles. The van der Waals surface area contributed by atoms with E-state index in [1.807, 2.05) is 11.3 Å². The normalized spacial score (nSPS) is 20.8. The maximum atomic E-state index is 2.74. The van der Waals surface area contributed by atoms with Gasteiger partial charge in [-0.05, 0) is 69.5 Å². The van der Waals surface area contributed by atoms with Gasteiger partial charge < -0.3 is 4.90 Å². The maximum absolute atomic E-state index is 2.74. The molecule has 0 radical (unpaired) electrons. The Labute approximate surface area is 294 Å².